The highest BCUT2D eigenvalue weighted by Gasteiger charge is 2.25. The van der Waals surface area contributed by atoms with Gasteiger partial charge in [0.1, 0.15) is 0 Å². The number of allylic oxidation sites excluding steroid dienone is 1. The standard InChI is InChI=1S/C17H34N2/c1-9-17(7,8)11-19-16(14(6)10-18)15(12(2)3)13(4)5/h10,12-13,15H,9,11,18H2,1-8H3/b14-10-,19-16?. The number of hydrogen-bond donors (Lipinski definition) is 1. The smallest absolute Gasteiger partial charge is 0.0443 e. The fourth-order valence-electron chi connectivity index (χ4n) is 2.39. The van der Waals surface area contributed by atoms with Crippen molar-refractivity contribution in [2.24, 2.45) is 33.9 Å². The summed E-state index contributed by atoms with van der Waals surface area (Å²) in [5.74, 6) is 1.64. The zero-order valence-electron chi connectivity index (χ0n) is 14.2. The van der Waals surface area contributed by atoms with E-state index in [1.165, 1.54) is 5.71 Å². The summed E-state index contributed by atoms with van der Waals surface area (Å²) >= 11 is 0. The van der Waals surface area contributed by atoms with Gasteiger partial charge in [0.15, 0.2) is 0 Å². The molecule has 0 bridgehead atoms. The van der Waals surface area contributed by atoms with Crippen molar-refractivity contribution in [3.8, 4) is 0 Å². The third-order valence-corrected chi connectivity index (χ3v) is 4.04. The third-order valence-electron chi connectivity index (χ3n) is 4.04. The van der Waals surface area contributed by atoms with Crippen molar-refractivity contribution in [1.29, 1.82) is 0 Å². The Labute approximate surface area is 120 Å². The van der Waals surface area contributed by atoms with E-state index in [-0.39, 0.29) is 5.41 Å². The number of hydrogen-bond acceptors (Lipinski definition) is 2. The van der Waals surface area contributed by atoms with Gasteiger partial charge in [-0.15, -0.1) is 0 Å². The van der Waals surface area contributed by atoms with Crippen LogP contribution in [0.5, 0.6) is 0 Å². The second-order valence-electron chi connectivity index (χ2n) is 7.08. The Kier molecular flexibility index (Phi) is 7.39. The second kappa shape index (κ2) is 7.72. The predicted octanol–water partition coefficient (Wildman–Crippen LogP) is 4.65. The molecule has 0 aromatic rings. The van der Waals surface area contributed by atoms with E-state index >= 15 is 0 Å². The van der Waals surface area contributed by atoms with Crippen molar-refractivity contribution in [1.82, 2.24) is 0 Å². The maximum absolute atomic E-state index is 5.74. The molecule has 0 fully saturated rings. The van der Waals surface area contributed by atoms with Gasteiger partial charge in [-0.05, 0) is 42.4 Å². The van der Waals surface area contributed by atoms with Gasteiger partial charge < -0.3 is 5.73 Å². The molecule has 19 heavy (non-hydrogen) atoms. The maximum Gasteiger partial charge on any atom is 0.0443 e. The largest absolute Gasteiger partial charge is 0.404 e. The highest BCUT2D eigenvalue weighted by atomic mass is 14.8. The topological polar surface area (TPSA) is 38.4 Å². The molecule has 2 heteroatoms. The van der Waals surface area contributed by atoms with E-state index in [0.29, 0.717) is 17.8 Å². The molecule has 0 aromatic heterocycles. The first-order chi connectivity index (χ1) is 8.66. The van der Waals surface area contributed by atoms with E-state index in [2.05, 4.69) is 55.4 Å². The first kappa shape index (κ1) is 18.2. The van der Waals surface area contributed by atoms with E-state index in [4.69, 9.17) is 10.7 Å². The number of nitrogens with two attached hydrogens (primary N) is 1. The van der Waals surface area contributed by atoms with Gasteiger partial charge >= 0.3 is 0 Å². The Morgan fingerprint density at radius 1 is 1.16 bits per heavy atom. The highest BCUT2D eigenvalue weighted by molar-refractivity contribution is 6.01. The lowest BCUT2D eigenvalue weighted by Gasteiger charge is -2.29. The van der Waals surface area contributed by atoms with Crippen LogP contribution in [0.4, 0.5) is 0 Å². The fraction of sp³-hybridized carbons (Fsp3) is 0.824. The molecule has 112 valence electrons. The van der Waals surface area contributed by atoms with Crippen LogP contribution in [0.15, 0.2) is 16.8 Å². The SMILES string of the molecule is CCC(C)(C)CN=C(/C(C)=C\N)C(C(C)C)C(C)C. The average molecular weight is 266 g/mol. The van der Waals surface area contributed by atoms with Crippen LogP contribution in [-0.4, -0.2) is 12.3 Å². The first-order valence-corrected chi connectivity index (χ1v) is 7.59. The lowest BCUT2D eigenvalue weighted by molar-refractivity contribution is 0.355. The monoisotopic (exact) mass is 266 g/mol. The van der Waals surface area contributed by atoms with Crippen LogP contribution in [0.3, 0.4) is 0 Å². The van der Waals surface area contributed by atoms with Crippen LogP contribution in [0, 0.1) is 23.2 Å². The van der Waals surface area contributed by atoms with Gasteiger partial charge in [-0.3, -0.25) is 4.99 Å². The highest BCUT2D eigenvalue weighted by Crippen LogP contribution is 2.27. The quantitative estimate of drug-likeness (QED) is 0.669. The average Bonchev–Trinajstić information content (AvgIpc) is 2.32. The third kappa shape index (κ3) is 5.80. The van der Waals surface area contributed by atoms with E-state index in [1.807, 2.05) is 0 Å². The molecule has 0 atom stereocenters. The summed E-state index contributed by atoms with van der Waals surface area (Å²) in [4.78, 5) is 4.95. The van der Waals surface area contributed by atoms with Crippen molar-refractivity contribution in [2.75, 3.05) is 6.54 Å². The Balaban J connectivity index is 5.38. The van der Waals surface area contributed by atoms with Crippen LogP contribution >= 0.6 is 0 Å². The van der Waals surface area contributed by atoms with Gasteiger partial charge in [0.05, 0.1) is 0 Å². The van der Waals surface area contributed by atoms with E-state index in [9.17, 15) is 0 Å². The van der Waals surface area contributed by atoms with Crippen molar-refractivity contribution < 1.29 is 0 Å². The van der Waals surface area contributed by atoms with Gasteiger partial charge in [0.2, 0.25) is 0 Å². The predicted molar refractivity (Wildman–Crippen MR) is 87.5 cm³/mol. The number of aliphatic imine (C=N–C) groups is 1. The molecule has 0 aliphatic heterocycles. The summed E-state index contributed by atoms with van der Waals surface area (Å²) in [5, 5.41) is 0. The van der Waals surface area contributed by atoms with Gasteiger partial charge in [-0.25, -0.2) is 0 Å². The van der Waals surface area contributed by atoms with Crippen LogP contribution in [0.1, 0.15) is 61.8 Å². The minimum Gasteiger partial charge on any atom is -0.404 e. The molecule has 0 spiro atoms. The number of nitrogens with zero attached hydrogens (tertiary/aromatic N) is 1. The molecular weight excluding hydrogens is 232 g/mol. The summed E-state index contributed by atoms with van der Waals surface area (Å²) in [6.45, 7) is 18.8. The van der Waals surface area contributed by atoms with Crippen LogP contribution in [-0.2, 0) is 0 Å². The van der Waals surface area contributed by atoms with E-state index in [0.717, 1.165) is 18.5 Å². The van der Waals surface area contributed by atoms with Crippen LogP contribution < -0.4 is 5.73 Å². The molecule has 0 rings (SSSR count). The zero-order chi connectivity index (χ0) is 15.2. The molecule has 0 unspecified atom stereocenters. The fourth-order valence-corrected chi connectivity index (χ4v) is 2.39. The molecule has 0 heterocycles. The zero-order valence-corrected chi connectivity index (χ0v) is 14.2. The van der Waals surface area contributed by atoms with E-state index < -0.39 is 0 Å². The van der Waals surface area contributed by atoms with Crippen molar-refractivity contribution in [3.63, 3.8) is 0 Å². The van der Waals surface area contributed by atoms with Crippen LogP contribution in [0.25, 0.3) is 0 Å². The Hall–Kier alpha value is -0.790. The molecule has 0 aliphatic carbocycles. The molecule has 0 amide bonds. The Bertz CT molecular complexity index is 314. The maximum atomic E-state index is 5.74. The summed E-state index contributed by atoms with van der Waals surface area (Å²) in [5.41, 5.74) is 8.33. The molecule has 0 radical (unpaired) electrons. The lowest BCUT2D eigenvalue weighted by Crippen LogP contribution is -2.28. The number of rotatable bonds is 7. The van der Waals surface area contributed by atoms with Gasteiger partial charge in [0, 0.05) is 18.2 Å². The summed E-state index contributed by atoms with van der Waals surface area (Å²) < 4.78 is 0. The van der Waals surface area contributed by atoms with Gasteiger partial charge in [-0.2, -0.15) is 0 Å². The molecule has 0 aromatic carbocycles. The van der Waals surface area contributed by atoms with Gasteiger partial charge in [0.25, 0.3) is 0 Å². The minimum absolute atomic E-state index is 0.263. The Morgan fingerprint density at radius 2 is 1.63 bits per heavy atom. The van der Waals surface area contributed by atoms with E-state index in [1.54, 1.807) is 6.20 Å². The van der Waals surface area contributed by atoms with Crippen molar-refractivity contribution in [3.05, 3.63) is 11.8 Å². The normalized spacial score (nSPS) is 14.9. The van der Waals surface area contributed by atoms with Crippen LogP contribution in [0.2, 0.25) is 0 Å². The molecule has 2 nitrogen and oxygen atoms in total. The lowest BCUT2D eigenvalue weighted by atomic mass is 9.79. The molecule has 0 saturated heterocycles. The van der Waals surface area contributed by atoms with Gasteiger partial charge in [-0.1, -0.05) is 48.5 Å². The summed E-state index contributed by atoms with van der Waals surface area (Å²) in [6, 6.07) is 0. The van der Waals surface area contributed by atoms with Crippen molar-refractivity contribution >= 4 is 5.71 Å². The summed E-state index contributed by atoms with van der Waals surface area (Å²) in [7, 11) is 0. The van der Waals surface area contributed by atoms with Crippen molar-refractivity contribution in [2.45, 2.75) is 61.8 Å². The Morgan fingerprint density at radius 3 is 1.95 bits per heavy atom. The summed E-state index contributed by atoms with van der Waals surface area (Å²) in [6.07, 6.45) is 2.85. The molecule has 2 N–H and O–H groups in total. The second-order valence-corrected chi connectivity index (χ2v) is 7.08. The molecular formula is C17H34N2. The first-order valence-electron chi connectivity index (χ1n) is 7.59. The molecule has 0 aliphatic rings. The molecule has 0 saturated carbocycles. The minimum atomic E-state index is 0.263.